The lowest BCUT2D eigenvalue weighted by Crippen LogP contribution is -2.42. The molecule has 0 bridgehead atoms. The third-order valence-electron chi connectivity index (χ3n) is 5.59. The van der Waals surface area contributed by atoms with E-state index >= 15 is 0 Å². The Hall–Kier alpha value is -4.10. The predicted molar refractivity (Wildman–Crippen MR) is 132 cm³/mol. The Kier molecular flexibility index (Phi) is 7.25. The van der Waals surface area contributed by atoms with Crippen LogP contribution in [-0.4, -0.2) is 48.9 Å². The molecule has 1 aliphatic heterocycles. The number of carbonyl (C=O) groups is 1. The van der Waals surface area contributed by atoms with Crippen LogP contribution in [0.15, 0.2) is 102 Å². The van der Waals surface area contributed by atoms with Crippen molar-refractivity contribution in [2.45, 2.75) is 12.4 Å². The molecule has 2 unspecified atom stereocenters. The van der Waals surface area contributed by atoms with Gasteiger partial charge in [0.2, 0.25) is 6.35 Å². The van der Waals surface area contributed by atoms with Crippen LogP contribution in [0.1, 0.15) is 17.2 Å². The van der Waals surface area contributed by atoms with Gasteiger partial charge in [0, 0.05) is 11.9 Å². The fourth-order valence-corrected chi connectivity index (χ4v) is 3.88. The fraction of sp³-hybridized carbons (Fsp3) is 0.185. The first kappa shape index (κ1) is 23.1. The van der Waals surface area contributed by atoms with Crippen LogP contribution in [0.4, 0.5) is 5.69 Å². The molecule has 2 atom stereocenters. The number of aliphatic imine (C=N–C) groups is 1. The van der Waals surface area contributed by atoms with Crippen molar-refractivity contribution in [2.24, 2.45) is 4.99 Å². The topological polar surface area (TPSA) is 74.6 Å². The van der Waals surface area contributed by atoms with Crippen LogP contribution in [0.5, 0.6) is 5.75 Å². The maximum Gasteiger partial charge on any atom is 0.325 e. The molecule has 0 fully saturated rings. The summed E-state index contributed by atoms with van der Waals surface area (Å²) in [6, 6.07) is 27.7. The van der Waals surface area contributed by atoms with Crippen molar-refractivity contribution in [3.8, 4) is 5.75 Å². The molecule has 4 rings (SSSR count). The molecule has 0 aromatic heterocycles. The quantitative estimate of drug-likeness (QED) is 0.541. The molecule has 0 radical (unpaired) electrons. The Bertz CT molecular complexity index is 1150. The van der Waals surface area contributed by atoms with Crippen LogP contribution in [0.25, 0.3) is 0 Å². The average molecular weight is 458 g/mol. The molecule has 7 nitrogen and oxygen atoms in total. The molecular formula is C27H27N3O4. The highest BCUT2D eigenvalue weighted by molar-refractivity contribution is 6.07. The van der Waals surface area contributed by atoms with E-state index in [1.807, 2.05) is 72.8 Å². The van der Waals surface area contributed by atoms with Crippen LogP contribution in [0.2, 0.25) is 0 Å². The summed E-state index contributed by atoms with van der Waals surface area (Å²) in [6.07, 6.45) is 2.23. The zero-order valence-electron chi connectivity index (χ0n) is 19.1. The van der Waals surface area contributed by atoms with Crippen molar-refractivity contribution >= 4 is 17.5 Å². The maximum absolute atomic E-state index is 11.7. The van der Waals surface area contributed by atoms with Crippen molar-refractivity contribution in [3.05, 3.63) is 108 Å². The molecule has 174 valence electrons. The number of nitrogens with zero attached hydrogens (tertiary/aromatic N) is 3. The lowest BCUT2D eigenvalue weighted by Gasteiger charge is -2.37. The summed E-state index contributed by atoms with van der Waals surface area (Å²) in [4.78, 5) is 19.7. The van der Waals surface area contributed by atoms with Gasteiger partial charge in [0.05, 0.1) is 20.3 Å². The SMILES string of the molecule is COC(=O)CN1C=CC(N(c2ccccc2)C(c2ccccc2)c2ccc(OC)cc2)=NC1O. The minimum absolute atomic E-state index is 0.100. The lowest BCUT2D eigenvalue weighted by atomic mass is 9.96. The first-order chi connectivity index (χ1) is 16.6. The maximum atomic E-state index is 11.7. The number of anilines is 1. The van der Waals surface area contributed by atoms with E-state index in [9.17, 15) is 9.90 Å². The Morgan fingerprint density at radius 2 is 1.59 bits per heavy atom. The highest BCUT2D eigenvalue weighted by Crippen LogP contribution is 2.35. The van der Waals surface area contributed by atoms with E-state index < -0.39 is 12.3 Å². The summed E-state index contributed by atoms with van der Waals surface area (Å²) >= 11 is 0. The molecule has 1 aliphatic rings. The lowest BCUT2D eigenvalue weighted by molar-refractivity contribution is -0.143. The van der Waals surface area contributed by atoms with Gasteiger partial charge >= 0.3 is 5.97 Å². The number of aliphatic hydroxyl groups excluding tert-OH is 1. The zero-order chi connectivity index (χ0) is 23.9. The smallest absolute Gasteiger partial charge is 0.325 e. The van der Waals surface area contributed by atoms with E-state index in [0.717, 1.165) is 22.6 Å². The number of amidine groups is 1. The molecule has 34 heavy (non-hydrogen) atoms. The standard InChI is InChI=1S/C27H27N3O4/c1-33-23-15-13-21(14-16-23)26(20-9-5-3-6-10-20)30(22-11-7-4-8-12-22)24-17-18-29(27(32)28-24)19-25(31)34-2/h3-18,26-27,32H,19H2,1-2H3. The van der Waals surface area contributed by atoms with E-state index in [4.69, 9.17) is 9.47 Å². The van der Waals surface area contributed by atoms with Crippen molar-refractivity contribution in [1.82, 2.24) is 4.90 Å². The van der Waals surface area contributed by atoms with Gasteiger partial charge in [-0.1, -0.05) is 60.7 Å². The summed E-state index contributed by atoms with van der Waals surface area (Å²) < 4.78 is 10.1. The molecule has 1 heterocycles. The molecule has 0 saturated carbocycles. The highest BCUT2D eigenvalue weighted by atomic mass is 16.5. The number of hydrogen-bond donors (Lipinski definition) is 1. The van der Waals surface area contributed by atoms with Gasteiger partial charge in [0.25, 0.3) is 0 Å². The third kappa shape index (κ3) is 5.10. The monoisotopic (exact) mass is 457 g/mol. The summed E-state index contributed by atoms with van der Waals surface area (Å²) in [6.45, 7) is -0.100. The largest absolute Gasteiger partial charge is 0.497 e. The minimum Gasteiger partial charge on any atom is -0.497 e. The number of ether oxygens (including phenoxy) is 2. The molecule has 0 aliphatic carbocycles. The number of aliphatic hydroxyl groups is 1. The molecule has 0 saturated heterocycles. The molecule has 0 amide bonds. The van der Waals surface area contributed by atoms with Crippen molar-refractivity contribution in [3.63, 3.8) is 0 Å². The number of rotatable bonds is 7. The van der Waals surface area contributed by atoms with Gasteiger partial charge < -0.3 is 24.4 Å². The number of para-hydroxylation sites is 1. The van der Waals surface area contributed by atoms with E-state index in [2.05, 4.69) is 22.0 Å². The second-order valence-electron chi connectivity index (χ2n) is 7.69. The van der Waals surface area contributed by atoms with Gasteiger partial charge in [-0.15, -0.1) is 0 Å². The van der Waals surface area contributed by atoms with Gasteiger partial charge in [0.1, 0.15) is 18.1 Å². The summed E-state index contributed by atoms with van der Waals surface area (Å²) in [5.74, 6) is 0.873. The molecule has 1 N–H and O–H groups in total. The molecule has 7 heteroatoms. The van der Waals surface area contributed by atoms with E-state index in [1.54, 1.807) is 19.4 Å². The minimum atomic E-state index is -1.22. The molecule has 0 spiro atoms. The van der Waals surface area contributed by atoms with E-state index in [-0.39, 0.29) is 12.6 Å². The van der Waals surface area contributed by atoms with Gasteiger partial charge in [-0.2, -0.15) is 0 Å². The Balaban J connectivity index is 1.81. The fourth-order valence-electron chi connectivity index (χ4n) is 3.88. The van der Waals surface area contributed by atoms with E-state index in [0.29, 0.717) is 5.84 Å². The summed E-state index contributed by atoms with van der Waals surface area (Å²) in [7, 11) is 2.95. The van der Waals surface area contributed by atoms with Crippen LogP contribution in [-0.2, 0) is 9.53 Å². The normalized spacial score (nSPS) is 15.9. The Labute approximate surface area is 199 Å². The Morgan fingerprint density at radius 3 is 2.18 bits per heavy atom. The first-order valence-electron chi connectivity index (χ1n) is 10.9. The van der Waals surface area contributed by atoms with Crippen molar-refractivity contribution in [1.29, 1.82) is 0 Å². The predicted octanol–water partition coefficient (Wildman–Crippen LogP) is 3.97. The van der Waals surface area contributed by atoms with Crippen molar-refractivity contribution in [2.75, 3.05) is 25.7 Å². The van der Waals surface area contributed by atoms with Gasteiger partial charge in [0.15, 0.2) is 0 Å². The Morgan fingerprint density at radius 1 is 0.971 bits per heavy atom. The third-order valence-corrected chi connectivity index (χ3v) is 5.59. The first-order valence-corrected chi connectivity index (χ1v) is 10.9. The summed E-state index contributed by atoms with van der Waals surface area (Å²) in [5.41, 5.74) is 2.99. The van der Waals surface area contributed by atoms with Gasteiger partial charge in [-0.3, -0.25) is 4.79 Å². The average Bonchev–Trinajstić information content (AvgIpc) is 2.89. The number of benzene rings is 3. The number of carbonyl (C=O) groups excluding carboxylic acids is 1. The van der Waals surface area contributed by atoms with Gasteiger partial charge in [-0.25, -0.2) is 4.99 Å². The molecular weight excluding hydrogens is 430 g/mol. The number of hydrogen-bond acceptors (Lipinski definition) is 7. The molecule has 3 aromatic rings. The zero-order valence-corrected chi connectivity index (χ0v) is 19.1. The second kappa shape index (κ2) is 10.7. The molecule has 3 aromatic carbocycles. The van der Waals surface area contributed by atoms with Gasteiger partial charge in [-0.05, 0) is 41.5 Å². The van der Waals surface area contributed by atoms with Crippen LogP contribution < -0.4 is 9.64 Å². The highest BCUT2D eigenvalue weighted by Gasteiger charge is 2.29. The van der Waals surface area contributed by atoms with Crippen LogP contribution >= 0.6 is 0 Å². The van der Waals surface area contributed by atoms with Crippen molar-refractivity contribution < 1.29 is 19.4 Å². The van der Waals surface area contributed by atoms with Crippen LogP contribution in [0.3, 0.4) is 0 Å². The summed E-state index contributed by atoms with van der Waals surface area (Å²) in [5, 5.41) is 10.7. The number of esters is 1. The number of methoxy groups -OCH3 is 2. The second-order valence-corrected chi connectivity index (χ2v) is 7.69. The van der Waals surface area contributed by atoms with E-state index in [1.165, 1.54) is 12.0 Å². The van der Waals surface area contributed by atoms with Crippen LogP contribution in [0, 0.1) is 0 Å².